The van der Waals surface area contributed by atoms with Gasteiger partial charge in [0.1, 0.15) is 0 Å². The first-order chi connectivity index (χ1) is 13.7. The van der Waals surface area contributed by atoms with Gasteiger partial charge < -0.3 is 16.4 Å². The Hall–Kier alpha value is -2.98. The highest BCUT2D eigenvalue weighted by Crippen LogP contribution is 2.33. The highest BCUT2D eigenvalue weighted by atomic mass is 16.2. The van der Waals surface area contributed by atoms with Crippen molar-refractivity contribution in [3.05, 3.63) is 41.9 Å². The number of rotatable bonds is 4. The first-order valence-electron chi connectivity index (χ1n) is 9.79. The summed E-state index contributed by atoms with van der Waals surface area (Å²) in [5.74, 6) is -0.258. The lowest BCUT2D eigenvalue weighted by molar-refractivity contribution is -0.110. The highest BCUT2D eigenvalue weighted by Gasteiger charge is 2.21. The molecule has 1 aliphatic carbocycles. The number of nitriles is 1. The number of pyridine rings is 1. The van der Waals surface area contributed by atoms with Crippen LogP contribution in [0.15, 0.2) is 35.5 Å². The molecule has 0 atom stereocenters. The zero-order valence-corrected chi connectivity index (χ0v) is 15.9. The van der Waals surface area contributed by atoms with Crippen molar-refractivity contribution in [3.63, 3.8) is 0 Å². The van der Waals surface area contributed by atoms with Gasteiger partial charge in [0.05, 0.1) is 17.5 Å². The van der Waals surface area contributed by atoms with Crippen molar-refractivity contribution in [2.24, 2.45) is 10.7 Å². The van der Waals surface area contributed by atoms with E-state index in [9.17, 15) is 4.79 Å². The molecule has 1 fully saturated rings. The van der Waals surface area contributed by atoms with E-state index in [2.05, 4.69) is 21.7 Å². The summed E-state index contributed by atoms with van der Waals surface area (Å²) in [6.07, 6.45) is 11.0. The number of allylic oxidation sites excluding steroid dienone is 3. The number of amidine groups is 1. The number of nitrogens with two attached hydrogens (primary N) is 1. The van der Waals surface area contributed by atoms with Gasteiger partial charge in [-0.3, -0.25) is 9.78 Å². The minimum absolute atomic E-state index is 0.197. The molecule has 28 heavy (non-hydrogen) atoms. The van der Waals surface area contributed by atoms with Crippen LogP contribution in [0, 0.1) is 11.3 Å². The first-order valence-corrected chi connectivity index (χ1v) is 9.79. The Morgan fingerprint density at radius 2 is 2.18 bits per heavy atom. The second-order valence-electron chi connectivity index (χ2n) is 7.05. The third-order valence-corrected chi connectivity index (χ3v) is 5.11. The molecule has 1 aromatic heterocycles. The molecule has 2 heterocycles. The van der Waals surface area contributed by atoms with Gasteiger partial charge in [-0.25, -0.2) is 4.99 Å². The maximum Gasteiger partial charge on any atom is 0.290 e. The third-order valence-electron chi connectivity index (χ3n) is 5.11. The molecule has 1 amide bonds. The number of aromatic nitrogens is 1. The number of aliphatic imine (C=N–C) groups is 1. The second-order valence-corrected chi connectivity index (χ2v) is 7.05. The molecule has 7 heteroatoms. The largest absolute Gasteiger partial charge is 0.379 e. The van der Waals surface area contributed by atoms with Crippen molar-refractivity contribution in [2.75, 3.05) is 18.4 Å². The summed E-state index contributed by atoms with van der Waals surface area (Å²) in [7, 11) is 0. The Balaban J connectivity index is 1.87. The van der Waals surface area contributed by atoms with Gasteiger partial charge in [0.2, 0.25) is 0 Å². The van der Waals surface area contributed by atoms with Gasteiger partial charge in [0.15, 0.2) is 5.84 Å². The number of amides is 1. The predicted octanol–water partition coefficient (Wildman–Crippen LogP) is 2.84. The molecule has 1 aromatic rings. The molecule has 0 bridgehead atoms. The van der Waals surface area contributed by atoms with E-state index < -0.39 is 5.91 Å². The molecule has 7 nitrogen and oxygen atoms in total. The molecule has 0 unspecified atom stereocenters. The summed E-state index contributed by atoms with van der Waals surface area (Å²) in [5, 5.41) is 14.7. The van der Waals surface area contributed by atoms with Crippen molar-refractivity contribution in [1.29, 1.82) is 5.26 Å². The van der Waals surface area contributed by atoms with Gasteiger partial charge in [0, 0.05) is 23.9 Å². The predicted molar refractivity (Wildman–Crippen MR) is 111 cm³/mol. The topological polar surface area (TPSA) is 116 Å². The zero-order valence-electron chi connectivity index (χ0n) is 15.9. The molecule has 0 spiro atoms. The Morgan fingerprint density at radius 1 is 1.36 bits per heavy atom. The van der Waals surface area contributed by atoms with Crippen LogP contribution in [0.5, 0.6) is 0 Å². The molecule has 146 valence electrons. The fourth-order valence-electron chi connectivity index (χ4n) is 3.61. The molecule has 1 aliphatic heterocycles. The zero-order chi connectivity index (χ0) is 19.8. The van der Waals surface area contributed by atoms with Gasteiger partial charge in [-0.1, -0.05) is 6.08 Å². The lowest BCUT2D eigenvalue weighted by Gasteiger charge is -2.24. The summed E-state index contributed by atoms with van der Waals surface area (Å²) < 4.78 is 0. The lowest BCUT2D eigenvalue weighted by Crippen LogP contribution is -2.30. The highest BCUT2D eigenvalue weighted by molar-refractivity contribution is 6.41. The van der Waals surface area contributed by atoms with E-state index in [4.69, 9.17) is 16.0 Å². The van der Waals surface area contributed by atoms with E-state index in [0.29, 0.717) is 11.6 Å². The molecule has 0 radical (unpaired) electrons. The van der Waals surface area contributed by atoms with Crippen LogP contribution in [0.1, 0.15) is 55.8 Å². The van der Waals surface area contributed by atoms with Crippen LogP contribution in [0.25, 0.3) is 5.57 Å². The Labute approximate surface area is 165 Å². The summed E-state index contributed by atoms with van der Waals surface area (Å²) in [5.41, 5.74) is 9.47. The summed E-state index contributed by atoms with van der Waals surface area (Å²) in [4.78, 5) is 21.1. The van der Waals surface area contributed by atoms with Crippen molar-refractivity contribution < 1.29 is 4.79 Å². The van der Waals surface area contributed by atoms with Crippen LogP contribution in [-0.2, 0) is 4.79 Å². The number of nitrogens with zero attached hydrogens (tertiary/aromatic N) is 3. The molecule has 0 saturated carbocycles. The normalized spacial score (nSPS) is 18.5. The summed E-state index contributed by atoms with van der Waals surface area (Å²) >= 11 is 0. The van der Waals surface area contributed by atoms with Gasteiger partial charge in [-0.2, -0.15) is 5.26 Å². The SMILES string of the molecule is N#C/C=C/N=C(N)C(=O)Nc1ccc(C2CCNCC2)nc1C1=CCCCC1. The van der Waals surface area contributed by atoms with E-state index in [1.807, 2.05) is 12.1 Å². The summed E-state index contributed by atoms with van der Waals surface area (Å²) in [6.45, 7) is 2.01. The lowest BCUT2D eigenvalue weighted by atomic mass is 9.92. The Morgan fingerprint density at radius 3 is 2.89 bits per heavy atom. The fraction of sp³-hybridized carbons (Fsp3) is 0.429. The molecule has 4 N–H and O–H groups in total. The Bertz CT molecular complexity index is 843. The number of carbonyl (C=O) groups excluding carboxylic acids is 1. The molecule has 0 aromatic carbocycles. The quantitative estimate of drug-likeness (QED) is 0.423. The van der Waals surface area contributed by atoms with E-state index in [1.165, 1.54) is 18.2 Å². The molecular weight excluding hydrogens is 352 g/mol. The van der Waals surface area contributed by atoms with Crippen LogP contribution in [0.3, 0.4) is 0 Å². The summed E-state index contributed by atoms with van der Waals surface area (Å²) in [6, 6.07) is 5.73. The van der Waals surface area contributed by atoms with E-state index in [-0.39, 0.29) is 5.84 Å². The maximum absolute atomic E-state index is 12.4. The van der Waals surface area contributed by atoms with E-state index in [1.54, 1.807) is 6.07 Å². The molecule has 3 rings (SSSR count). The van der Waals surface area contributed by atoms with Crippen LogP contribution in [0.4, 0.5) is 5.69 Å². The number of hydrogen-bond donors (Lipinski definition) is 3. The van der Waals surface area contributed by atoms with Crippen molar-refractivity contribution >= 4 is 23.0 Å². The van der Waals surface area contributed by atoms with Crippen molar-refractivity contribution in [3.8, 4) is 6.07 Å². The van der Waals surface area contributed by atoms with Gasteiger partial charge >= 0.3 is 0 Å². The van der Waals surface area contributed by atoms with Crippen LogP contribution in [0.2, 0.25) is 0 Å². The van der Waals surface area contributed by atoms with Crippen LogP contribution in [-0.4, -0.2) is 29.8 Å². The number of carbonyl (C=O) groups is 1. The molecule has 2 aliphatic rings. The number of hydrogen-bond acceptors (Lipinski definition) is 5. The average Bonchev–Trinajstić information content (AvgIpc) is 2.75. The smallest absolute Gasteiger partial charge is 0.290 e. The monoisotopic (exact) mass is 378 g/mol. The standard InChI is InChI=1S/C21H26N6O/c22-11-4-12-25-20(23)21(28)27-18-8-7-17(15-9-13-24-14-10-15)26-19(18)16-5-2-1-3-6-16/h4-5,7-8,12,15,24H,1-3,6,9-10,13-14H2,(H2,23,25)(H,27,28)/b12-4+. The van der Waals surface area contributed by atoms with Gasteiger partial charge in [-0.15, -0.1) is 0 Å². The molecule has 1 saturated heterocycles. The van der Waals surface area contributed by atoms with Gasteiger partial charge in [-0.05, 0) is 69.3 Å². The van der Waals surface area contributed by atoms with Crippen LogP contribution >= 0.6 is 0 Å². The van der Waals surface area contributed by atoms with E-state index >= 15 is 0 Å². The van der Waals surface area contributed by atoms with E-state index in [0.717, 1.165) is 62.7 Å². The molecular formula is C21H26N6O. The van der Waals surface area contributed by atoms with Crippen LogP contribution < -0.4 is 16.4 Å². The average molecular weight is 378 g/mol. The number of anilines is 1. The minimum atomic E-state index is -0.503. The maximum atomic E-state index is 12.4. The van der Waals surface area contributed by atoms with Crippen molar-refractivity contribution in [1.82, 2.24) is 10.3 Å². The third kappa shape index (κ3) is 5.05. The number of piperidine rings is 1. The minimum Gasteiger partial charge on any atom is -0.379 e. The second kappa shape index (κ2) is 9.81. The fourth-order valence-corrected chi connectivity index (χ4v) is 3.61. The number of nitrogens with one attached hydrogen (secondary N) is 2. The van der Waals surface area contributed by atoms with Crippen molar-refractivity contribution in [2.45, 2.75) is 44.4 Å². The Kier molecular flexibility index (Phi) is 6.93. The van der Waals surface area contributed by atoms with Gasteiger partial charge in [0.25, 0.3) is 5.91 Å². The first kappa shape index (κ1) is 19.8.